The molecule has 1 atom stereocenters. The lowest BCUT2D eigenvalue weighted by Crippen LogP contribution is -2.23. The van der Waals surface area contributed by atoms with Gasteiger partial charge >= 0.3 is 0 Å². The van der Waals surface area contributed by atoms with Crippen LogP contribution in [0.5, 0.6) is 0 Å². The summed E-state index contributed by atoms with van der Waals surface area (Å²) in [6.45, 7) is 2.29. The third kappa shape index (κ3) is 4.49. The first kappa shape index (κ1) is 17.7. The minimum absolute atomic E-state index is 0.0604. The molecule has 0 spiro atoms. The normalized spacial score (nSPS) is 27.8. The van der Waals surface area contributed by atoms with Crippen LogP contribution in [-0.4, -0.2) is 0 Å². The van der Waals surface area contributed by atoms with Crippen LogP contribution < -0.4 is 0 Å². The average molecular weight is 329 g/mol. The van der Waals surface area contributed by atoms with E-state index in [4.69, 9.17) is 0 Å². The fourth-order valence-corrected chi connectivity index (χ4v) is 4.88. The molecule has 132 valence electrons. The number of benzene rings is 1. The first-order valence-electron chi connectivity index (χ1n) is 10.2. The molecule has 0 amide bonds. The van der Waals surface area contributed by atoms with Crippen molar-refractivity contribution in [1.82, 2.24) is 0 Å². The third-order valence-electron chi connectivity index (χ3n) is 6.45. The van der Waals surface area contributed by atoms with E-state index in [1.54, 1.807) is 12.1 Å². The molecule has 1 aromatic rings. The Labute approximate surface area is 147 Å². The van der Waals surface area contributed by atoms with Crippen molar-refractivity contribution in [2.45, 2.75) is 77.6 Å². The van der Waals surface area contributed by atoms with Crippen molar-refractivity contribution in [3.63, 3.8) is 0 Å². The number of unbranched alkanes of at least 4 members (excludes halogenated alkanes) is 2. The summed E-state index contributed by atoms with van der Waals surface area (Å²) in [5, 5.41) is 0. The maximum Gasteiger partial charge on any atom is 0.130 e. The monoisotopic (exact) mass is 328 g/mol. The molecule has 1 unspecified atom stereocenters. The Morgan fingerprint density at radius 3 is 2.42 bits per heavy atom. The first-order chi connectivity index (χ1) is 11.8. The molecule has 0 saturated heterocycles. The summed E-state index contributed by atoms with van der Waals surface area (Å²) in [5.74, 6) is 2.71. The quantitative estimate of drug-likeness (QED) is 0.477. The highest BCUT2D eigenvalue weighted by atomic mass is 19.1. The van der Waals surface area contributed by atoms with Gasteiger partial charge in [0, 0.05) is 5.56 Å². The lowest BCUT2D eigenvalue weighted by molar-refractivity contribution is 0.187. The molecule has 1 fully saturated rings. The van der Waals surface area contributed by atoms with Gasteiger partial charge in [0.05, 0.1) is 0 Å². The summed E-state index contributed by atoms with van der Waals surface area (Å²) in [6, 6.07) is 7.25. The van der Waals surface area contributed by atoms with Crippen LogP contribution in [0, 0.1) is 23.6 Å². The summed E-state index contributed by atoms with van der Waals surface area (Å²) in [5.41, 5.74) is 2.06. The van der Waals surface area contributed by atoms with Crippen LogP contribution in [-0.2, 0) is 0 Å². The van der Waals surface area contributed by atoms with Gasteiger partial charge < -0.3 is 0 Å². The molecule has 3 rings (SSSR count). The zero-order valence-corrected chi connectivity index (χ0v) is 15.3. The molecule has 0 nitrogen and oxygen atoms in total. The van der Waals surface area contributed by atoms with E-state index in [1.807, 2.05) is 12.1 Å². The maximum atomic E-state index is 14.0. The second kappa shape index (κ2) is 8.83. The lowest BCUT2D eigenvalue weighted by atomic mass is 9.70. The highest BCUT2D eigenvalue weighted by Crippen LogP contribution is 2.42. The third-order valence-corrected chi connectivity index (χ3v) is 6.45. The van der Waals surface area contributed by atoms with Crippen molar-refractivity contribution in [2.75, 3.05) is 0 Å². The predicted molar refractivity (Wildman–Crippen MR) is 101 cm³/mol. The van der Waals surface area contributed by atoms with Crippen molar-refractivity contribution in [3.8, 4) is 0 Å². The Bertz CT molecular complexity index is 537. The van der Waals surface area contributed by atoms with E-state index < -0.39 is 0 Å². The van der Waals surface area contributed by atoms with Gasteiger partial charge in [0.2, 0.25) is 0 Å². The van der Waals surface area contributed by atoms with Gasteiger partial charge in [-0.25, -0.2) is 4.39 Å². The standard InChI is InChI=1S/C23H33F/c1-2-3-4-7-18-10-12-19(13-11-18)20-14-16-21(17-15-20)22-8-5-6-9-23(22)24/h5-6,8-9,16,18-20H,2-4,7,10-15,17H2,1H3. The summed E-state index contributed by atoms with van der Waals surface area (Å²) < 4.78 is 14.0. The number of allylic oxidation sites excluding steroid dienone is 2. The van der Waals surface area contributed by atoms with Gasteiger partial charge in [-0.3, -0.25) is 0 Å². The lowest BCUT2D eigenvalue weighted by Gasteiger charge is -2.35. The van der Waals surface area contributed by atoms with Crippen molar-refractivity contribution < 1.29 is 4.39 Å². The fraction of sp³-hybridized carbons (Fsp3) is 0.652. The molecular formula is C23H33F. The van der Waals surface area contributed by atoms with Crippen LogP contribution >= 0.6 is 0 Å². The molecular weight excluding hydrogens is 295 g/mol. The van der Waals surface area contributed by atoms with Crippen molar-refractivity contribution >= 4 is 5.57 Å². The molecule has 1 aromatic carbocycles. The maximum absolute atomic E-state index is 14.0. The van der Waals surface area contributed by atoms with Gasteiger partial charge in [-0.15, -0.1) is 0 Å². The van der Waals surface area contributed by atoms with E-state index in [2.05, 4.69) is 13.0 Å². The minimum atomic E-state index is -0.0604. The Morgan fingerprint density at radius 2 is 1.75 bits per heavy atom. The predicted octanol–water partition coefficient (Wildman–Crippen LogP) is 7.40. The Balaban J connectivity index is 1.48. The molecule has 1 saturated carbocycles. The zero-order valence-electron chi connectivity index (χ0n) is 15.3. The van der Waals surface area contributed by atoms with E-state index in [-0.39, 0.29) is 5.82 Å². The van der Waals surface area contributed by atoms with E-state index in [9.17, 15) is 4.39 Å². The summed E-state index contributed by atoms with van der Waals surface area (Å²) >= 11 is 0. The largest absolute Gasteiger partial charge is 0.206 e. The van der Waals surface area contributed by atoms with E-state index >= 15 is 0 Å². The summed E-state index contributed by atoms with van der Waals surface area (Å²) in [7, 11) is 0. The molecule has 24 heavy (non-hydrogen) atoms. The highest BCUT2D eigenvalue weighted by molar-refractivity contribution is 5.66. The van der Waals surface area contributed by atoms with Crippen molar-refractivity contribution in [2.24, 2.45) is 17.8 Å². The van der Waals surface area contributed by atoms with Gasteiger partial charge in [-0.05, 0) is 61.5 Å². The summed E-state index contributed by atoms with van der Waals surface area (Å²) in [4.78, 5) is 0. The van der Waals surface area contributed by atoms with Crippen molar-refractivity contribution in [1.29, 1.82) is 0 Å². The minimum Gasteiger partial charge on any atom is -0.206 e. The van der Waals surface area contributed by atoms with Crippen LogP contribution in [0.25, 0.3) is 5.57 Å². The first-order valence-corrected chi connectivity index (χ1v) is 10.2. The van der Waals surface area contributed by atoms with E-state index in [0.29, 0.717) is 0 Å². The Hall–Kier alpha value is -1.11. The van der Waals surface area contributed by atoms with Gasteiger partial charge in [0.15, 0.2) is 0 Å². The van der Waals surface area contributed by atoms with E-state index in [1.165, 1.54) is 63.4 Å². The van der Waals surface area contributed by atoms with Gasteiger partial charge in [-0.1, -0.05) is 69.7 Å². The van der Waals surface area contributed by atoms with Crippen LogP contribution in [0.2, 0.25) is 0 Å². The van der Waals surface area contributed by atoms with Crippen molar-refractivity contribution in [3.05, 3.63) is 41.7 Å². The number of hydrogen-bond acceptors (Lipinski definition) is 0. The number of rotatable bonds is 6. The molecule has 0 aliphatic heterocycles. The fourth-order valence-electron chi connectivity index (χ4n) is 4.88. The van der Waals surface area contributed by atoms with Crippen LogP contribution in [0.4, 0.5) is 4.39 Å². The molecule has 0 bridgehead atoms. The number of hydrogen-bond donors (Lipinski definition) is 0. The van der Waals surface area contributed by atoms with Gasteiger partial charge in [0.25, 0.3) is 0 Å². The van der Waals surface area contributed by atoms with Gasteiger partial charge in [-0.2, -0.15) is 0 Å². The second-order valence-electron chi connectivity index (χ2n) is 8.02. The molecule has 0 radical (unpaired) electrons. The zero-order chi connectivity index (χ0) is 16.8. The molecule has 0 N–H and O–H groups in total. The van der Waals surface area contributed by atoms with Crippen LogP contribution in [0.15, 0.2) is 30.3 Å². The second-order valence-corrected chi connectivity index (χ2v) is 8.02. The molecule has 0 heterocycles. The van der Waals surface area contributed by atoms with Crippen LogP contribution in [0.3, 0.4) is 0 Å². The Kier molecular flexibility index (Phi) is 6.51. The van der Waals surface area contributed by atoms with Gasteiger partial charge in [0.1, 0.15) is 5.82 Å². The Morgan fingerprint density at radius 1 is 0.958 bits per heavy atom. The molecule has 1 heteroatoms. The number of halogens is 1. The SMILES string of the molecule is CCCCCC1CCC(C2CC=C(c3ccccc3F)CC2)CC1. The molecule has 2 aliphatic rings. The smallest absolute Gasteiger partial charge is 0.130 e. The average Bonchev–Trinajstić information content (AvgIpc) is 2.63. The topological polar surface area (TPSA) is 0 Å². The summed E-state index contributed by atoms with van der Waals surface area (Å²) in [6.07, 6.45) is 17.2. The molecule has 2 aliphatic carbocycles. The highest BCUT2D eigenvalue weighted by Gasteiger charge is 2.28. The van der Waals surface area contributed by atoms with Crippen LogP contribution in [0.1, 0.15) is 83.1 Å². The molecule has 0 aromatic heterocycles. The van der Waals surface area contributed by atoms with E-state index in [0.717, 1.165) is 36.2 Å².